The predicted octanol–water partition coefficient (Wildman–Crippen LogP) is 1.83. The molecule has 2 unspecified atom stereocenters. The van der Waals surface area contributed by atoms with Crippen LogP contribution < -0.4 is 5.32 Å². The lowest BCUT2D eigenvalue weighted by molar-refractivity contribution is 0.0892. The Morgan fingerprint density at radius 2 is 2.20 bits per heavy atom. The standard InChI is InChI=1S/C16H27N3O/c1-13-5-8-19(9-6-13)12-16(20)11-18-14(2)15-4-3-7-17-10-15/h3-4,7,10,13-14,16,18,20H,5-6,8-9,11-12H2,1-2H3. The van der Waals surface area contributed by atoms with Gasteiger partial charge < -0.3 is 15.3 Å². The van der Waals surface area contributed by atoms with E-state index in [0.29, 0.717) is 6.54 Å². The van der Waals surface area contributed by atoms with Crippen LogP contribution in [0.3, 0.4) is 0 Å². The first-order chi connectivity index (χ1) is 9.65. The van der Waals surface area contributed by atoms with Gasteiger partial charge in [0.1, 0.15) is 0 Å². The number of β-amino-alcohol motifs (C(OH)–C–C–N with tert-alkyl or cyclic N) is 1. The highest BCUT2D eigenvalue weighted by Gasteiger charge is 2.18. The molecule has 20 heavy (non-hydrogen) atoms. The van der Waals surface area contributed by atoms with E-state index in [1.807, 2.05) is 12.3 Å². The van der Waals surface area contributed by atoms with Crippen LogP contribution in [-0.2, 0) is 0 Å². The second-order valence-electron chi connectivity index (χ2n) is 6.05. The summed E-state index contributed by atoms with van der Waals surface area (Å²) >= 11 is 0. The molecule has 2 rings (SSSR count). The number of piperidine rings is 1. The molecule has 4 heteroatoms. The maximum Gasteiger partial charge on any atom is 0.0791 e. The van der Waals surface area contributed by atoms with Crippen LogP contribution in [0.1, 0.15) is 38.3 Å². The van der Waals surface area contributed by atoms with Gasteiger partial charge in [0.05, 0.1) is 6.10 Å². The van der Waals surface area contributed by atoms with Crippen LogP contribution in [0.5, 0.6) is 0 Å². The molecule has 1 aliphatic heterocycles. The number of aliphatic hydroxyl groups excluding tert-OH is 1. The summed E-state index contributed by atoms with van der Waals surface area (Å²) in [6, 6.07) is 4.22. The van der Waals surface area contributed by atoms with Crippen LogP contribution in [-0.4, -0.2) is 47.3 Å². The number of hydrogen-bond donors (Lipinski definition) is 2. The van der Waals surface area contributed by atoms with Gasteiger partial charge in [-0.15, -0.1) is 0 Å². The molecule has 2 heterocycles. The fraction of sp³-hybridized carbons (Fsp3) is 0.688. The van der Waals surface area contributed by atoms with Gasteiger partial charge in [0.25, 0.3) is 0 Å². The molecule has 0 aromatic carbocycles. The summed E-state index contributed by atoms with van der Waals surface area (Å²) in [4.78, 5) is 6.50. The van der Waals surface area contributed by atoms with E-state index in [-0.39, 0.29) is 12.1 Å². The first-order valence-corrected chi connectivity index (χ1v) is 7.69. The molecule has 0 radical (unpaired) electrons. The van der Waals surface area contributed by atoms with E-state index in [1.165, 1.54) is 12.8 Å². The third kappa shape index (κ3) is 4.85. The number of aromatic nitrogens is 1. The molecule has 1 saturated heterocycles. The molecule has 0 bridgehead atoms. The number of aliphatic hydroxyl groups is 1. The lowest BCUT2D eigenvalue weighted by Gasteiger charge is -2.32. The molecule has 0 aliphatic carbocycles. The second-order valence-corrected chi connectivity index (χ2v) is 6.05. The first kappa shape index (κ1) is 15.4. The Bertz CT molecular complexity index is 377. The molecule has 0 spiro atoms. The summed E-state index contributed by atoms with van der Waals surface area (Å²) in [5.41, 5.74) is 1.16. The van der Waals surface area contributed by atoms with E-state index in [2.05, 4.69) is 35.1 Å². The van der Waals surface area contributed by atoms with Gasteiger partial charge in [-0.3, -0.25) is 4.98 Å². The quantitative estimate of drug-likeness (QED) is 0.833. The van der Waals surface area contributed by atoms with Gasteiger partial charge in [-0.25, -0.2) is 0 Å². The highest BCUT2D eigenvalue weighted by Crippen LogP contribution is 2.16. The summed E-state index contributed by atoms with van der Waals surface area (Å²) in [6.45, 7) is 8.06. The highest BCUT2D eigenvalue weighted by molar-refractivity contribution is 5.12. The zero-order valence-electron chi connectivity index (χ0n) is 12.6. The average molecular weight is 277 g/mol. The van der Waals surface area contributed by atoms with Crippen molar-refractivity contribution in [2.75, 3.05) is 26.2 Å². The molecule has 0 amide bonds. The molecule has 1 aliphatic rings. The van der Waals surface area contributed by atoms with Crippen LogP contribution >= 0.6 is 0 Å². The predicted molar refractivity (Wildman–Crippen MR) is 81.5 cm³/mol. The smallest absolute Gasteiger partial charge is 0.0791 e. The van der Waals surface area contributed by atoms with Gasteiger partial charge in [0, 0.05) is 31.5 Å². The summed E-state index contributed by atoms with van der Waals surface area (Å²) < 4.78 is 0. The van der Waals surface area contributed by atoms with Crippen molar-refractivity contribution < 1.29 is 5.11 Å². The molecule has 112 valence electrons. The minimum atomic E-state index is -0.303. The van der Waals surface area contributed by atoms with Gasteiger partial charge in [-0.2, -0.15) is 0 Å². The van der Waals surface area contributed by atoms with E-state index in [4.69, 9.17) is 0 Å². The van der Waals surface area contributed by atoms with Crippen LogP contribution in [0.2, 0.25) is 0 Å². The fourth-order valence-electron chi connectivity index (χ4n) is 2.67. The molecular formula is C16H27N3O. The fourth-order valence-corrected chi connectivity index (χ4v) is 2.67. The maximum atomic E-state index is 10.1. The van der Waals surface area contributed by atoms with Crippen LogP contribution in [0, 0.1) is 5.92 Å². The lowest BCUT2D eigenvalue weighted by Crippen LogP contribution is -2.42. The van der Waals surface area contributed by atoms with Crippen molar-refractivity contribution in [1.29, 1.82) is 0 Å². The minimum Gasteiger partial charge on any atom is -0.390 e. The van der Waals surface area contributed by atoms with Crippen LogP contribution in [0.15, 0.2) is 24.5 Å². The summed E-state index contributed by atoms with van der Waals surface area (Å²) in [5, 5.41) is 13.5. The summed E-state index contributed by atoms with van der Waals surface area (Å²) in [7, 11) is 0. The van der Waals surface area contributed by atoms with Crippen LogP contribution in [0.4, 0.5) is 0 Å². The zero-order chi connectivity index (χ0) is 14.4. The molecule has 0 saturated carbocycles. The summed E-state index contributed by atoms with van der Waals surface area (Å²) in [6.07, 6.45) is 5.86. The average Bonchev–Trinajstić information content (AvgIpc) is 2.48. The number of nitrogens with zero attached hydrogens (tertiary/aromatic N) is 2. The summed E-state index contributed by atoms with van der Waals surface area (Å²) in [5.74, 6) is 0.840. The Morgan fingerprint density at radius 3 is 2.85 bits per heavy atom. The molecule has 1 fully saturated rings. The maximum absolute atomic E-state index is 10.1. The van der Waals surface area contributed by atoms with Crippen molar-refractivity contribution in [3.05, 3.63) is 30.1 Å². The van der Waals surface area contributed by atoms with E-state index in [9.17, 15) is 5.11 Å². The van der Waals surface area contributed by atoms with Crippen molar-refractivity contribution in [3.63, 3.8) is 0 Å². The van der Waals surface area contributed by atoms with Crippen molar-refractivity contribution in [1.82, 2.24) is 15.2 Å². The number of pyridine rings is 1. The van der Waals surface area contributed by atoms with E-state index >= 15 is 0 Å². The van der Waals surface area contributed by atoms with Gasteiger partial charge in [0.15, 0.2) is 0 Å². The Morgan fingerprint density at radius 1 is 1.45 bits per heavy atom. The Balaban J connectivity index is 1.68. The zero-order valence-corrected chi connectivity index (χ0v) is 12.6. The first-order valence-electron chi connectivity index (χ1n) is 7.69. The van der Waals surface area contributed by atoms with Gasteiger partial charge in [0.2, 0.25) is 0 Å². The Kier molecular flexibility index (Phi) is 5.95. The molecule has 2 atom stereocenters. The number of nitrogens with one attached hydrogen (secondary N) is 1. The van der Waals surface area contributed by atoms with Gasteiger partial charge >= 0.3 is 0 Å². The minimum absolute atomic E-state index is 0.222. The number of likely N-dealkylation sites (tertiary alicyclic amines) is 1. The number of rotatable bonds is 6. The second kappa shape index (κ2) is 7.72. The monoisotopic (exact) mass is 277 g/mol. The van der Waals surface area contributed by atoms with Gasteiger partial charge in [-0.1, -0.05) is 13.0 Å². The van der Waals surface area contributed by atoms with Gasteiger partial charge in [-0.05, 0) is 50.4 Å². The van der Waals surface area contributed by atoms with Crippen LogP contribution in [0.25, 0.3) is 0 Å². The molecule has 1 aromatic rings. The van der Waals surface area contributed by atoms with Crippen molar-refractivity contribution in [2.24, 2.45) is 5.92 Å². The normalized spacial score (nSPS) is 20.8. The van der Waals surface area contributed by atoms with E-state index in [0.717, 1.165) is 31.1 Å². The molecule has 1 aromatic heterocycles. The van der Waals surface area contributed by atoms with Crippen molar-refractivity contribution in [3.8, 4) is 0 Å². The molecular weight excluding hydrogens is 250 g/mol. The molecule has 4 nitrogen and oxygen atoms in total. The van der Waals surface area contributed by atoms with Crippen molar-refractivity contribution in [2.45, 2.75) is 38.8 Å². The third-order valence-corrected chi connectivity index (χ3v) is 4.19. The Hall–Kier alpha value is -0.970. The molecule has 2 N–H and O–H groups in total. The van der Waals surface area contributed by atoms with E-state index in [1.54, 1.807) is 6.20 Å². The highest BCUT2D eigenvalue weighted by atomic mass is 16.3. The third-order valence-electron chi connectivity index (χ3n) is 4.19. The topological polar surface area (TPSA) is 48.4 Å². The van der Waals surface area contributed by atoms with Crippen molar-refractivity contribution >= 4 is 0 Å². The van der Waals surface area contributed by atoms with E-state index < -0.39 is 0 Å². The largest absolute Gasteiger partial charge is 0.390 e. The lowest BCUT2D eigenvalue weighted by atomic mass is 9.99. The number of hydrogen-bond acceptors (Lipinski definition) is 4. The Labute approximate surface area is 122 Å². The SMILES string of the molecule is CC1CCN(CC(O)CNC(C)c2cccnc2)CC1.